The summed E-state index contributed by atoms with van der Waals surface area (Å²) >= 11 is 0. The number of carbonyl (C=O) groups excluding carboxylic acids is 2. The van der Waals surface area contributed by atoms with Crippen LogP contribution in [0.1, 0.15) is 36.3 Å². The van der Waals surface area contributed by atoms with Gasteiger partial charge in [-0.2, -0.15) is 0 Å². The summed E-state index contributed by atoms with van der Waals surface area (Å²) in [5.41, 5.74) is 1.69. The Labute approximate surface area is 165 Å². The van der Waals surface area contributed by atoms with Crippen LogP contribution < -0.4 is 0 Å². The van der Waals surface area contributed by atoms with Gasteiger partial charge in [0.05, 0.1) is 30.4 Å². The molecule has 1 fully saturated rings. The van der Waals surface area contributed by atoms with Gasteiger partial charge in [0.2, 0.25) is 5.91 Å². The van der Waals surface area contributed by atoms with Crippen LogP contribution in [0.3, 0.4) is 0 Å². The van der Waals surface area contributed by atoms with Crippen molar-refractivity contribution in [3.05, 3.63) is 65.7 Å². The minimum absolute atomic E-state index is 0.0371. The largest absolute Gasteiger partial charge is 0.469 e. The summed E-state index contributed by atoms with van der Waals surface area (Å²) in [6.45, 7) is 1.86. The molecule has 1 amide bonds. The van der Waals surface area contributed by atoms with E-state index in [2.05, 4.69) is 0 Å². The smallest absolute Gasteiger partial charge is 0.307 e. The molecule has 0 spiro atoms. The lowest BCUT2D eigenvalue weighted by molar-refractivity contribution is -0.143. The molecule has 1 aliphatic heterocycles. The van der Waals surface area contributed by atoms with Gasteiger partial charge in [-0.25, -0.2) is 12.7 Å². The predicted octanol–water partition coefficient (Wildman–Crippen LogP) is 3.02. The monoisotopic (exact) mass is 401 g/mol. The summed E-state index contributed by atoms with van der Waals surface area (Å²) < 4.78 is 32.2. The van der Waals surface area contributed by atoms with Crippen molar-refractivity contribution in [3.63, 3.8) is 0 Å². The molecule has 7 heteroatoms. The molecule has 6 nitrogen and oxygen atoms in total. The van der Waals surface area contributed by atoms with Crippen LogP contribution >= 0.6 is 0 Å². The van der Waals surface area contributed by atoms with Gasteiger partial charge in [0.1, 0.15) is 0 Å². The predicted molar refractivity (Wildman–Crippen MR) is 104 cm³/mol. The molecule has 0 N–H and O–H groups in total. The summed E-state index contributed by atoms with van der Waals surface area (Å²) in [5.74, 6) is -1.61. The Bertz CT molecular complexity index is 954. The number of rotatable bonds is 5. The average Bonchev–Trinajstić information content (AvgIpc) is 2.69. The van der Waals surface area contributed by atoms with E-state index in [0.717, 1.165) is 15.4 Å². The molecule has 0 radical (unpaired) electrons. The van der Waals surface area contributed by atoms with Crippen molar-refractivity contribution < 1.29 is 22.7 Å². The number of esters is 1. The van der Waals surface area contributed by atoms with Crippen molar-refractivity contribution >= 4 is 21.9 Å². The number of benzene rings is 2. The van der Waals surface area contributed by atoms with Crippen molar-refractivity contribution in [2.45, 2.75) is 43.0 Å². The van der Waals surface area contributed by atoms with Gasteiger partial charge in [-0.3, -0.25) is 9.59 Å². The maximum atomic E-state index is 13.3. The SMILES string of the molecule is COC(=O)CC1CCC(c2ccccc2)C(=O)N1S(=O)(=O)c1ccc(C)cc1. The molecule has 0 aromatic heterocycles. The first-order valence-corrected chi connectivity index (χ1v) is 10.6. The van der Waals surface area contributed by atoms with E-state index in [9.17, 15) is 18.0 Å². The molecule has 148 valence electrons. The van der Waals surface area contributed by atoms with Crippen LogP contribution in [0, 0.1) is 6.92 Å². The molecule has 1 aliphatic rings. The fraction of sp³-hybridized carbons (Fsp3) is 0.333. The molecule has 28 heavy (non-hydrogen) atoms. The number of hydrogen-bond acceptors (Lipinski definition) is 5. The summed E-state index contributed by atoms with van der Waals surface area (Å²) in [7, 11) is -2.85. The van der Waals surface area contributed by atoms with Gasteiger partial charge in [0.15, 0.2) is 0 Å². The number of ether oxygens (including phenoxy) is 1. The van der Waals surface area contributed by atoms with Crippen LogP contribution in [0.4, 0.5) is 0 Å². The van der Waals surface area contributed by atoms with Gasteiger partial charge < -0.3 is 4.74 Å². The molecule has 0 aliphatic carbocycles. The lowest BCUT2D eigenvalue weighted by Crippen LogP contribution is -2.51. The molecule has 0 saturated carbocycles. The normalized spacial score (nSPS) is 20.1. The minimum atomic E-state index is -4.10. The number of hydrogen-bond donors (Lipinski definition) is 0. The van der Waals surface area contributed by atoms with Crippen LogP contribution in [-0.4, -0.2) is 37.8 Å². The number of methoxy groups -OCH3 is 1. The van der Waals surface area contributed by atoms with Crippen LogP contribution in [0.25, 0.3) is 0 Å². The lowest BCUT2D eigenvalue weighted by atomic mass is 9.87. The van der Waals surface area contributed by atoms with Crippen LogP contribution in [0.15, 0.2) is 59.5 Å². The number of carbonyl (C=O) groups is 2. The van der Waals surface area contributed by atoms with E-state index >= 15 is 0 Å². The van der Waals surface area contributed by atoms with Gasteiger partial charge in [0.25, 0.3) is 10.0 Å². The highest BCUT2D eigenvalue weighted by Gasteiger charge is 2.44. The average molecular weight is 401 g/mol. The van der Waals surface area contributed by atoms with Crippen molar-refractivity contribution in [2.75, 3.05) is 7.11 Å². The molecular formula is C21H23NO5S. The van der Waals surface area contributed by atoms with Gasteiger partial charge >= 0.3 is 5.97 Å². The quantitative estimate of drug-likeness (QED) is 0.720. The number of piperidine rings is 1. The van der Waals surface area contributed by atoms with Crippen LogP contribution in [-0.2, 0) is 24.3 Å². The van der Waals surface area contributed by atoms with Gasteiger partial charge in [0, 0.05) is 0 Å². The van der Waals surface area contributed by atoms with Crippen molar-refractivity contribution in [1.82, 2.24) is 4.31 Å². The topological polar surface area (TPSA) is 80.8 Å². The van der Waals surface area contributed by atoms with Crippen molar-refractivity contribution in [2.24, 2.45) is 0 Å². The van der Waals surface area contributed by atoms with Gasteiger partial charge in [-0.1, -0.05) is 48.0 Å². The fourth-order valence-electron chi connectivity index (χ4n) is 3.53. The molecule has 2 unspecified atom stereocenters. The molecule has 1 saturated heterocycles. The molecular weight excluding hydrogens is 378 g/mol. The van der Waals surface area contributed by atoms with Gasteiger partial charge in [-0.15, -0.1) is 0 Å². The zero-order valence-electron chi connectivity index (χ0n) is 15.9. The number of aryl methyl sites for hydroxylation is 1. The van der Waals surface area contributed by atoms with E-state index in [1.54, 1.807) is 12.1 Å². The van der Waals surface area contributed by atoms with E-state index in [-0.39, 0.29) is 11.3 Å². The Morgan fingerprint density at radius 2 is 1.71 bits per heavy atom. The fourth-order valence-corrected chi connectivity index (χ4v) is 5.17. The highest BCUT2D eigenvalue weighted by Crippen LogP contribution is 2.36. The maximum absolute atomic E-state index is 13.3. The standard InChI is InChI=1S/C21H23NO5S/c1-15-8-11-18(12-9-15)28(25,26)22-17(14-20(23)27-2)10-13-19(21(22)24)16-6-4-3-5-7-16/h3-9,11-12,17,19H,10,13-14H2,1-2H3. The van der Waals surface area contributed by atoms with Crippen LogP contribution in [0.2, 0.25) is 0 Å². The second-order valence-corrected chi connectivity index (χ2v) is 8.74. The molecule has 2 aromatic carbocycles. The van der Waals surface area contributed by atoms with Crippen molar-refractivity contribution in [3.8, 4) is 0 Å². The van der Waals surface area contributed by atoms with E-state index in [0.29, 0.717) is 12.8 Å². The third kappa shape index (κ3) is 3.94. The number of nitrogens with zero attached hydrogens (tertiary/aromatic N) is 1. The Hall–Kier alpha value is -2.67. The van der Waals surface area contributed by atoms with E-state index in [1.807, 2.05) is 37.3 Å². The Morgan fingerprint density at radius 3 is 2.32 bits per heavy atom. The summed E-state index contributed by atoms with van der Waals surface area (Å²) in [4.78, 5) is 25.2. The Morgan fingerprint density at radius 1 is 1.07 bits per heavy atom. The van der Waals surface area contributed by atoms with E-state index in [4.69, 9.17) is 4.74 Å². The molecule has 2 aromatic rings. The first-order chi connectivity index (χ1) is 13.3. The molecule has 0 bridgehead atoms. The zero-order chi connectivity index (χ0) is 20.3. The lowest BCUT2D eigenvalue weighted by Gasteiger charge is -2.38. The Kier molecular flexibility index (Phi) is 5.84. The van der Waals surface area contributed by atoms with Crippen LogP contribution in [0.5, 0.6) is 0 Å². The highest BCUT2D eigenvalue weighted by molar-refractivity contribution is 7.89. The minimum Gasteiger partial charge on any atom is -0.469 e. The molecule has 1 heterocycles. The molecule has 2 atom stereocenters. The van der Waals surface area contributed by atoms with E-state index < -0.39 is 33.9 Å². The first kappa shape index (κ1) is 20.1. The second-order valence-electron chi connectivity index (χ2n) is 6.93. The third-order valence-electron chi connectivity index (χ3n) is 5.05. The second kappa shape index (κ2) is 8.14. The van der Waals surface area contributed by atoms with Gasteiger partial charge in [-0.05, 0) is 37.5 Å². The highest BCUT2D eigenvalue weighted by atomic mass is 32.2. The summed E-state index contributed by atoms with van der Waals surface area (Å²) in [6.07, 6.45) is 0.713. The zero-order valence-corrected chi connectivity index (χ0v) is 16.7. The van der Waals surface area contributed by atoms with Crippen molar-refractivity contribution in [1.29, 1.82) is 0 Å². The summed E-state index contributed by atoms with van der Waals surface area (Å²) in [6, 6.07) is 14.7. The summed E-state index contributed by atoms with van der Waals surface area (Å²) in [5, 5.41) is 0. The maximum Gasteiger partial charge on any atom is 0.307 e. The van der Waals surface area contributed by atoms with E-state index in [1.165, 1.54) is 19.2 Å². The Balaban J connectivity index is 2.02. The first-order valence-electron chi connectivity index (χ1n) is 9.11. The number of amides is 1. The molecule has 3 rings (SSSR count). The number of sulfonamides is 1. The third-order valence-corrected chi connectivity index (χ3v) is 6.91.